The van der Waals surface area contributed by atoms with E-state index < -0.39 is 6.10 Å². The zero-order chi connectivity index (χ0) is 22.2. The van der Waals surface area contributed by atoms with Crippen molar-refractivity contribution in [3.8, 4) is 11.8 Å². The van der Waals surface area contributed by atoms with Crippen molar-refractivity contribution >= 4 is 17.6 Å². The first-order valence-electron chi connectivity index (χ1n) is 10.5. The Bertz CT molecular complexity index is 952. The van der Waals surface area contributed by atoms with Crippen LogP contribution in [0.4, 0.5) is 10.5 Å². The molecule has 2 atom stereocenters. The molecule has 1 fully saturated rings. The lowest BCUT2D eigenvalue weighted by molar-refractivity contribution is -0.139. The van der Waals surface area contributed by atoms with Crippen molar-refractivity contribution in [1.82, 2.24) is 10.2 Å². The van der Waals surface area contributed by atoms with Crippen molar-refractivity contribution in [1.29, 1.82) is 5.26 Å². The lowest BCUT2D eigenvalue weighted by Crippen LogP contribution is -2.48. The lowest BCUT2D eigenvalue weighted by atomic mass is 9.97. The van der Waals surface area contributed by atoms with Crippen molar-refractivity contribution in [3.63, 3.8) is 0 Å². The summed E-state index contributed by atoms with van der Waals surface area (Å²) < 4.78 is 5.76. The number of nitriles is 1. The average molecular weight is 421 g/mol. The summed E-state index contributed by atoms with van der Waals surface area (Å²) in [6.45, 7) is 5.47. The van der Waals surface area contributed by atoms with Crippen LogP contribution >= 0.6 is 0 Å². The second-order valence-electron chi connectivity index (χ2n) is 7.89. The van der Waals surface area contributed by atoms with Gasteiger partial charge in [-0.3, -0.25) is 4.79 Å². The number of urea groups is 1. The zero-order valence-corrected chi connectivity index (χ0v) is 17.9. The first kappa shape index (κ1) is 22.2. The van der Waals surface area contributed by atoms with Crippen molar-refractivity contribution in [2.75, 3.05) is 25.0 Å². The fourth-order valence-corrected chi connectivity index (χ4v) is 3.63. The Balaban J connectivity index is 1.47. The smallest absolute Gasteiger partial charge is 0.319 e. The number of likely N-dealkylation sites (tertiary alicyclic amines) is 1. The molecule has 1 saturated heterocycles. The van der Waals surface area contributed by atoms with Gasteiger partial charge in [0.2, 0.25) is 0 Å². The van der Waals surface area contributed by atoms with Crippen LogP contribution in [0.25, 0.3) is 0 Å². The Kier molecular flexibility index (Phi) is 7.50. The molecule has 2 aromatic carbocycles. The van der Waals surface area contributed by atoms with E-state index in [9.17, 15) is 9.59 Å². The number of rotatable bonds is 6. The molecule has 2 N–H and O–H groups in total. The maximum atomic E-state index is 12.8. The van der Waals surface area contributed by atoms with Gasteiger partial charge >= 0.3 is 6.03 Å². The van der Waals surface area contributed by atoms with E-state index in [1.165, 1.54) is 0 Å². The summed E-state index contributed by atoms with van der Waals surface area (Å²) in [7, 11) is 0. The third-order valence-electron chi connectivity index (χ3n) is 5.32. The van der Waals surface area contributed by atoms with E-state index in [1.807, 2.05) is 31.2 Å². The van der Waals surface area contributed by atoms with Crippen molar-refractivity contribution in [3.05, 3.63) is 59.7 Å². The number of nitrogens with one attached hydrogen (secondary N) is 2. The first-order chi connectivity index (χ1) is 14.9. The van der Waals surface area contributed by atoms with Crippen molar-refractivity contribution in [2.24, 2.45) is 5.92 Å². The largest absolute Gasteiger partial charge is 0.481 e. The maximum absolute atomic E-state index is 12.8. The number of anilines is 1. The minimum absolute atomic E-state index is 0.0869. The topological polar surface area (TPSA) is 94.5 Å². The van der Waals surface area contributed by atoms with Gasteiger partial charge in [0.05, 0.1) is 11.6 Å². The summed E-state index contributed by atoms with van der Waals surface area (Å²) >= 11 is 0. The van der Waals surface area contributed by atoms with Gasteiger partial charge < -0.3 is 20.3 Å². The van der Waals surface area contributed by atoms with Crippen LogP contribution in [0.3, 0.4) is 0 Å². The minimum atomic E-state index is -0.648. The predicted molar refractivity (Wildman–Crippen MR) is 119 cm³/mol. The molecule has 0 aromatic heterocycles. The van der Waals surface area contributed by atoms with E-state index in [1.54, 1.807) is 36.1 Å². The highest BCUT2D eigenvalue weighted by Crippen LogP contribution is 2.19. The lowest BCUT2D eigenvalue weighted by Gasteiger charge is -2.34. The molecule has 0 saturated carbocycles. The van der Waals surface area contributed by atoms with Crippen LogP contribution in [0, 0.1) is 24.2 Å². The number of amides is 3. The number of carbonyl (C=O) groups excluding carboxylic acids is 2. The molecule has 1 aliphatic rings. The highest BCUT2D eigenvalue weighted by atomic mass is 16.5. The highest BCUT2D eigenvalue weighted by Gasteiger charge is 2.28. The van der Waals surface area contributed by atoms with Gasteiger partial charge in [0, 0.05) is 25.3 Å². The Morgan fingerprint density at radius 2 is 2.03 bits per heavy atom. The Morgan fingerprint density at radius 1 is 1.26 bits per heavy atom. The van der Waals surface area contributed by atoms with Gasteiger partial charge in [-0.1, -0.05) is 23.8 Å². The summed E-state index contributed by atoms with van der Waals surface area (Å²) in [5.41, 5.74) is 2.37. The molecule has 1 heterocycles. The third-order valence-corrected chi connectivity index (χ3v) is 5.32. The van der Waals surface area contributed by atoms with E-state index in [-0.39, 0.29) is 17.9 Å². The predicted octanol–water partition coefficient (Wildman–Crippen LogP) is 3.69. The summed E-state index contributed by atoms with van der Waals surface area (Å²) in [5, 5.41) is 14.7. The molecule has 0 spiro atoms. The molecular formula is C24H28N4O3. The molecule has 0 bridgehead atoms. The summed E-state index contributed by atoms with van der Waals surface area (Å²) in [6, 6.07) is 16.2. The van der Waals surface area contributed by atoms with Crippen LogP contribution in [0.1, 0.15) is 30.9 Å². The molecule has 2 unspecified atom stereocenters. The van der Waals surface area contributed by atoms with Crippen LogP contribution in [-0.4, -0.2) is 42.6 Å². The Labute approximate surface area is 183 Å². The van der Waals surface area contributed by atoms with Crippen LogP contribution < -0.4 is 15.4 Å². The SMILES string of the molecule is Cc1ccc(NC(=O)NCC2CCCN(C(=O)C(C)Oc3cccc(C#N)c3)C2)cc1. The van der Waals surface area contributed by atoms with Gasteiger partial charge in [-0.2, -0.15) is 5.26 Å². The van der Waals surface area contributed by atoms with Crippen molar-refractivity contribution in [2.45, 2.75) is 32.8 Å². The van der Waals surface area contributed by atoms with Gasteiger partial charge in [-0.15, -0.1) is 0 Å². The van der Waals surface area contributed by atoms with Gasteiger partial charge in [0.1, 0.15) is 5.75 Å². The van der Waals surface area contributed by atoms with Gasteiger partial charge in [0.25, 0.3) is 5.91 Å². The summed E-state index contributed by atoms with van der Waals surface area (Å²) in [5.74, 6) is 0.606. The zero-order valence-electron chi connectivity index (χ0n) is 17.9. The molecule has 1 aliphatic heterocycles. The average Bonchev–Trinajstić information content (AvgIpc) is 2.79. The number of benzene rings is 2. The molecular weight excluding hydrogens is 392 g/mol. The van der Waals surface area contributed by atoms with E-state index in [0.717, 1.165) is 24.1 Å². The maximum Gasteiger partial charge on any atom is 0.319 e. The number of aryl methyl sites for hydroxylation is 1. The first-order valence-corrected chi connectivity index (χ1v) is 10.5. The molecule has 162 valence electrons. The number of piperidine rings is 1. The normalized spacial score (nSPS) is 16.7. The number of hydrogen-bond donors (Lipinski definition) is 2. The van der Waals surface area contributed by atoms with E-state index >= 15 is 0 Å². The monoisotopic (exact) mass is 420 g/mol. The van der Waals surface area contributed by atoms with Gasteiger partial charge in [0.15, 0.2) is 6.10 Å². The molecule has 7 nitrogen and oxygen atoms in total. The quantitative estimate of drug-likeness (QED) is 0.745. The Hall–Kier alpha value is -3.53. The number of hydrogen-bond acceptors (Lipinski definition) is 4. The molecule has 3 rings (SSSR count). The van der Waals surface area contributed by atoms with Crippen molar-refractivity contribution < 1.29 is 14.3 Å². The van der Waals surface area contributed by atoms with E-state index in [4.69, 9.17) is 10.00 Å². The second kappa shape index (κ2) is 10.5. The van der Waals surface area contributed by atoms with E-state index in [2.05, 4.69) is 16.7 Å². The number of nitrogens with zero attached hydrogens (tertiary/aromatic N) is 2. The second-order valence-corrected chi connectivity index (χ2v) is 7.89. The van der Waals surface area contributed by atoms with Gasteiger partial charge in [-0.25, -0.2) is 4.79 Å². The fourth-order valence-electron chi connectivity index (χ4n) is 3.63. The van der Waals surface area contributed by atoms with E-state index in [0.29, 0.717) is 30.9 Å². The fraction of sp³-hybridized carbons (Fsp3) is 0.375. The highest BCUT2D eigenvalue weighted by molar-refractivity contribution is 5.89. The number of ether oxygens (including phenoxy) is 1. The summed E-state index contributed by atoms with van der Waals surface area (Å²) in [4.78, 5) is 26.8. The third kappa shape index (κ3) is 6.48. The molecule has 31 heavy (non-hydrogen) atoms. The number of carbonyl (C=O) groups is 2. The molecule has 7 heteroatoms. The van der Waals surface area contributed by atoms with Crippen LogP contribution in [0.5, 0.6) is 5.75 Å². The molecule has 3 amide bonds. The van der Waals surface area contributed by atoms with Gasteiger partial charge in [-0.05, 0) is 62.9 Å². The minimum Gasteiger partial charge on any atom is -0.481 e. The standard InChI is InChI=1S/C24H28N4O3/c1-17-8-10-21(11-9-17)27-24(30)26-15-20-6-4-12-28(16-20)23(29)18(2)31-22-7-3-5-19(13-22)14-25/h3,5,7-11,13,18,20H,4,6,12,15-16H2,1-2H3,(H2,26,27,30). The molecule has 2 aromatic rings. The van der Waals surface area contributed by atoms with Crippen LogP contribution in [0.2, 0.25) is 0 Å². The summed E-state index contributed by atoms with van der Waals surface area (Å²) in [6.07, 6.45) is 1.19. The Morgan fingerprint density at radius 3 is 2.77 bits per heavy atom. The van der Waals surface area contributed by atoms with Crippen LogP contribution in [-0.2, 0) is 4.79 Å². The van der Waals surface area contributed by atoms with Crippen LogP contribution in [0.15, 0.2) is 48.5 Å². The molecule has 0 radical (unpaired) electrons. The molecule has 0 aliphatic carbocycles.